The quantitative estimate of drug-likeness (QED) is 0.772. The fourth-order valence-electron chi connectivity index (χ4n) is 1.90. The largest absolute Gasteiger partial charge is 0.480 e. The van der Waals surface area contributed by atoms with Crippen LogP contribution in [0.15, 0.2) is 23.1 Å². The Morgan fingerprint density at radius 3 is 2.70 bits per heavy atom. The monoisotopic (exact) mass is 348 g/mol. The van der Waals surface area contributed by atoms with E-state index in [1.807, 2.05) is 5.32 Å². The Hall–Kier alpha value is -2.23. The molecule has 0 fully saturated rings. The van der Waals surface area contributed by atoms with Gasteiger partial charge in [-0.05, 0) is 18.2 Å². The maximum absolute atomic E-state index is 12.3. The third-order valence-electron chi connectivity index (χ3n) is 2.91. The van der Waals surface area contributed by atoms with Gasteiger partial charge in [-0.25, -0.2) is 4.79 Å². The molecule has 1 aliphatic rings. The predicted molar refractivity (Wildman–Crippen MR) is 75.4 cm³/mol. The number of rotatable bonds is 4. The highest BCUT2D eigenvalue weighted by molar-refractivity contribution is 8.00. The van der Waals surface area contributed by atoms with Crippen molar-refractivity contribution in [3.05, 3.63) is 23.8 Å². The van der Waals surface area contributed by atoms with Crippen molar-refractivity contribution < 1.29 is 32.7 Å². The minimum Gasteiger partial charge on any atom is -0.480 e. The van der Waals surface area contributed by atoms with Gasteiger partial charge in [0.05, 0.1) is 17.9 Å². The molecule has 0 saturated heterocycles. The zero-order valence-corrected chi connectivity index (χ0v) is 12.3. The lowest BCUT2D eigenvalue weighted by molar-refractivity contribution is -0.157. The van der Waals surface area contributed by atoms with E-state index in [2.05, 4.69) is 5.32 Å². The van der Waals surface area contributed by atoms with Crippen LogP contribution in [0.2, 0.25) is 0 Å². The summed E-state index contributed by atoms with van der Waals surface area (Å²) in [7, 11) is 0. The summed E-state index contributed by atoms with van der Waals surface area (Å²) in [6.45, 7) is 0. The summed E-state index contributed by atoms with van der Waals surface area (Å²) < 4.78 is 37.0. The van der Waals surface area contributed by atoms with Crippen LogP contribution in [-0.2, 0) is 9.59 Å². The zero-order valence-electron chi connectivity index (χ0n) is 11.4. The molecule has 0 aliphatic carbocycles. The number of alkyl halides is 3. The van der Waals surface area contributed by atoms with E-state index in [0.717, 1.165) is 0 Å². The summed E-state index contributed by atoms with van der Waals surface area (Å²) in [4.78, 5) is 34.8. The zero-order chi connectivity index (χ0) is 17.2. The number of hydrogen-bond acceptors (Lipinski definition) is 4. The second-order valence-corrected chi connectivity index (χ2v) is 5.75. The van der Waals surface area contributed by atoms with Crippen LogP contribution in [0.25, 0.3) is 0 Å². The van der Waals surface area contributed by atoms with Gasteiger partial charge in [0.2, 0.25) is 5.91 Å². The summed E-state index contributed by atoms with van der Waals surface area (Å²) in [6, 6.07) is 2.10. The Labute approximate surface area is 132 Å². The first-order valence-electron chi connectivity index (χ1n) is 6.33. The van der Waals surface area contributed by atoms with Crippen molar-refractivity contribution in [2.75, 3.05) is 11.1 Å². The molecular weight excluding hydrogens is 337 g/mol. The topological polar surface area (TPSA) is 95.5 Å². The number of carboxylic acid groups (broad SMARTS) is 1. The number of thioether (sulfide) groups is 1. The molecule has 124 valence electrons. The molecule has 1 aliphatic heterocycles. The Morgan fingerprint density at radius 1 is 1.39 bits per heavy atom. The van der Waals surface area contributed by atoms with Gasteiger partial charge in [0, 0.05) is 10.5 Å². The molecule has 1 heterocycles. The standard InChI is InChI=1S/C13H11F3N2O4S/c14-13(15,16)4-8(12(21)22)18-11(20)6-1-2-9-7(3-6)17-10(19)5-23-9/h1-3,8H,4-5H2,(H,17,19)(H,18,20)(H,21,22). The highest BCUT2D eigenvalue weighted by Crippen LogP contribution is 2.32. The molecule has 1 unspecified atom stereocenters. The molecule has 0 radical (unpaired) electrons. The number of nitrogens with one attached hydrogen (secondary N) is 2. The van der Waals surface area contributed by atoms with Crippen LogP contribution in [0.4, 0.5) is 18.9 Å². The number of fused-ring (bicyclic) bond motifs is 1. The lowest BCUT2D eigenvalue weighted by Crippen LogP contribution is -2.43. The van der Waals surface area contributed by atoms with E-state index >= 15 is 0 Å². The normalized spacial score (nSPS) is 15.3. The first kappa shape index (κ1) is 17.1. The fourth-order valence-corrected chi connectivity index (χ4v) is 2.69. The molecule has 1 atom stereocenters. The number of benzene rings is 1. The Bertz CT molecular complexity index is 663. The number of halogens is 3. The third kappa shape index (κ3) is 4.62. The molecular formula is C13H11F3N2O4S. The molecule has 0 bridgehead atoms. The van der Waals surface area contributed by atoms with Gasteiger partial charge < -0.3 is 15.7 Å². The van der Waals surface area contributed by atoms with Gasteiger partial charge in [-0.2, -0.15) is 13.2 Å². The maximum Gasteiger partial charge on any atom is 0.391 e. The molecule has 2 amide bonds. The number of carbonyl (C=O) groups excluding carboxylic acids is 2. The second-order valence-electron chi connectivity index (χ2n) is 4.73. The molecule has 10 heteroatoms. The van der Waals surface area contributed by atoms with Gasteiger partial charge in [0.15, 0.2) is 0 Å². The average molecular weight is 348 g/mol. The van der Waals surface area contributed by atoms with Crippen molar-refractivity contribution in [3.8, 4) is 0 Å². The molecule has 0 saturated carbocycles. The lowest BCUT2D eigenvalue weighted by Gasteiger charge is -2.19. The van der Waals surface area contributed by atoms with Crippen molar-refractivity contribution in [2.45, 2.75) is 23.5 Å². The van der Waals surface area contributed by atoms with E-state index < -0.39 is 30.5 Å². The SMILES string of the molecule is O=C1CSc2ccc(C(=O)NC(CC(F)(F)F)C(=O)O)cc2N1. The highest BCUT2D eigenvalue weighted by Gasteiger charge is 2.36. The van der Waals surface area contributed by atoms with Crippen molar-refractivity contribution >= 4 is 35.2 Å². The van der Waals surface area contributed by atoms with Crippen LogP contribution in [-0.4, -0.2) is 40.9 Å². The average Bonchev–Trinajstić information content (AvgIpc) is 2.44. The van der Waals surface area contributed by atoms with E-state index in [0.29, 0.717) is 10.6 Å². The van der Waals surface area contributed by atoms with Gasteiger partial charge in [-0.15, -0.1) is 11.8 Å². The molecule has 3 N–H and O–H groups in total. The molecule has 23 heavy (non-hydrogen) atoms. The number of aliphatic carboxylic acids is 1. The first-order valence-corrected chi connectivity index (χ1v) is 7.31. The van der Waals surface area contributed by atoms with Gasteiger partial charge in [0.25, 0.3) is 5.91 Å². The number of carbonyl (C=O) groups is 3. The van der Waals surface area contributed by atoms with Crippen LogP contribution in [0.5, 0.6) is 0 Å². The summed E-state index contributed by atoms with van der Waals surface area (Å²) in [5.74, 6) is -2.78. The van der Waals surface area contributed by atoms with E-state index in [1.54, 1.807) is 0 Å². The number of amides is 2. The number of carboxylic acids is 1. The predicted octanol–water partition coefficient (Wildman–Crippen LogP) is 1.87. The Balaban J connectivity index is 2.15. The van der Waals surface area contributed by atoms with E-state index in [4.69, 9.17) is 5.11 Å². The van der Waals surface area contributed by atoms with Crippen LogP contribution in [0, 0.1) is 0 Å². The molecule has 6 nitrogen and oxygen atoms in total. The van der Waals surface area contributed by atoms with Gasteiger partial charge in [-0.1, -0.05) is 0 Å². The van der Waals surface area contributed by atoms with Crippen LogP contribution < -0.4 is 10.6 Å². The van der Waals surface area contributed by atoms with Crippen molar-refractivity contribution in [1.82, 2.24) is 5.32 Å². The first-order chi connectivity index (χ1) is 10.7. The summed E-state index contributed by atoms with van der Waals surface area (Å²) >= 11 is 1.26. The van der Waals surface area contributed by atoms with Crippen LogP contribution in [0.1, 0.15) is 16.8 Å². The summed E-state index contributed by atoms with van der Waals surface area (Å²) in [5.41, 5.74) is 0.321. The van der Waals surface area contributed by atoms with Crippen molar-refractivity contribution in [3.63, 3.8) is 0 Å². The minimum atomic E-state index is -4.73. The number of anilines is 1. The van der Waals surface area contributed by atoms with Crippen molar-refractivity contribution in [1.29, 1.82) is 0 Å². The van der Waals surface area contributed by atoms with Gasteiger partial charge in [0.1, 0.15) is 6.04 Å². The molecule has 1 aromatic carbocycles. The Morgan fingerprint density at radius 2 is 2.09 bits per heavy atom. The van der Waals surface area contributed by atoms with E-state index in [-0.39, 0.29) is 17.2 Å². The van der Waals surface area contributed by atoms with Crippen molar-refractivity contribution in [2.24, 2.45) is 0 Å². The maximum atomic E-state index is 12.3. The fraction of sp³-hybridized carbons (Fsp3) is 0.308. The van der Waals surface area contributed by atoms with Crippen LogP contribution in [0.3, 0.4) is 0 Å². The Kier molecular flexibility index (Phi) is 4.83. The number of hydrogen-bond donors (Lipinski definition) is 3. The second kappa shape index (κ2) is 6.49. The van der Waals surface area contributed by atoms with Gasteiger partial charge in [-0.3, -0.25) is 9.59 Å². The van der Waals surface area contributed by atoms with Gasteiger partial charge >= 0.3 is 12.1 Å². The molecule has 1 aromatic rings. The third-order valence-corrected chi connectivity index (χ3v) is 3.99. The molecule has 0 spiro atoms. The highest BCUT2D eigenvalue weighted by atomic mass is 32.2. The minimum absolute atomic E-state index is 0.0417. The van der Waals surface area contributed by atoms with E-state index in [1.165, 1.54) is 30.0 Å². The smallest absolute Gasteiger partial charge is 0.391 e. The molecule has 2 rings (SSSR count). The molecule has 0 aromatic heterocycles. The lowest BCUT2D eigenvalue weighted by atomic mass is 10.1. The summed E-state index contributed by atoms with van der Waals surface area (Å²) in [5, 5.41) is 13.1. The summed E-state index contributed by atoms with van der Waals surface area (Å²) in [6.07, 6.45) is -6.40. The van der Waals surface area contributed by atoms with E-state index in [9.17, 15) is 27.6 Å². The van der Waals surface area contributed by atoms with Crippen LogP contribution >= 0.6 is 11.8 Å².